The normalized spacial score (nSPS) is 21.8. The number of hydrogen-bond donors (Lipinski definition) is 6. The molecule has 13 nitrogen and oxygen atoms in total. The molecule has 1 fully saturated rings. The minimum Gasteiger partial charge on any atom is -0.462 e. The van der Waals surface area contributed by atoms with Crippen LogP contribution in [-0.4, -0.2) is 98.3 Å². The molecule has 1 aliphatic carbocycles. The molecule has 0 aromatic rings. The highest BCUT2D eigenvalue weighted by atomic mass is 31.2. The summed E-state index contributed by atoms with van der Waals surface area (Å²) in [5.41, 5.74) is 0. The first-order valence-corrected chi connectivity index (χ1v) is 27.0. The van der Waals surface area contributed by atoms with Crippen LogP contribution in [0, 0.1) is 0 Å². The smallest absolute Gasteiger partial charge is 0.462 e. The summed E-state index contributed by atoms with van der Waals surface area (Å²) in [6.07, 6.45) is 35.9. The maximum atomic E-state index is 12.8. The highest BCUT2D eigenvalue weighted by molar-refractivity contribution is 7.47. The molecule has 0 saturated heterocycles. The van der Waals surface area contributed by atoms with Crippen LogP contribution in [0.15, 0.2) is 48.6 Å². The van der Waals surface area contributed by atoms with Gasteiger partial charge < -0.3 is 39.9 Å². The molecule has 65 heavy (non-hydrogen) atoms. The minimum absolute atomic E-state index is 0.0708. The van der Waals surface area contributed by atoms with E-state index in [2.05, 4.69) is 26.0 Å². The second-order valence-electron chi connectivity index (χ2n) is 17.7. The zero-order valence-electron chi connectivity index (χ0n) is 40.3. The first kappa shape index (κ1) is 60.8. The Labute approximate surface area is 392 Å². The number of hydrogen-bond acceptors (Lipinski definition) is 12. The van der Waals surface area contributed by atoms with Crippen molar-refractivity contribution in [2.24, 2.45) is 0 Å². The summed E-state index contributed by atoms with van der Waals surface area (Å²) in [7, 11) is -5.13. The number of rotatable bonds is 42. The third-order valence-electron chi connectivity index (χ3n) is 11.8. The summed E-state index contributed by atoms with van der Waals surface area (Å²) in [6.45, 7) is 3.17. The van der Waals surface area contributed by atoms with Gasteiger partial charge in [-0.2, -0.15) is 0 Å². The number of ether oxygens (including phenoxy) is 2. The Morgan fingerprint density at radius 1 is 0.492 bits per heavy atom. The van der Waals surface area contributed by atoms with E-state index < -0.39 is 75.7 Å². The summed E-state index contributed by atoms with van der Waals surface area (Å²) in [5.74, 6) is -1.12. The standard InChI is InChI=1S/C51H91O13P/c1-3-5-7-9-11-13-15-17-19-20-21-22-23-24-26-27-29-31-33-35-37-39-44(52)61-41-43(42-62-65(59,60)64-51-49(57)47(55)46(54)48(56)50(51)58)63-45(53)40-38-36-34-32-30-28-25-18-16-14-12-10-8-6-4-2/h6,8,10,12,14,16,18,25,43,46-51,54-58H,3-5,7,9,11,13,15,17,19-24,26-42H2,1-2H3,(H,59,60)/b8-6+,12-10+,16-14+,25-18+/t43-,46?,47-,48?,49?,50?,51?/m0/s1. The van der Waals surface area contributed by atoms with Crippen LogP contribution in [0.3, 0.4) is 0 Å². The van der Waals surface area contributed by atoms with Gasteiger partial charge >= 0.3 is 19.8 Å². The number of carbonyl (C=O) groups excluding carboxylic acids is 2. The molecular formula is C51H91O13P. The van der Waals surface area contributed by atoms with E-state index in [-0.39, 0.29) is 12.8 Å². The molecule has 0 bridgehead atoms. The van der Waals surface area contributed by atoms with Crippen molar-refractivity contribution >= 4 is 19.8 Å². The highest BCUT2D eigenvalue weighted by Crippen LogP contribution is 2.47. The van der Waals surface area contributed by atoms with Gasteiger partial charge in [0.1, 0.15) is 43.2 Å². The van der Waals surface area contributed by atoms with Gasteiger partial charge in [0.2, 0.25) is 0 Å². The average molecular weight is 943 g/mol. The van der Waals surface area contributed by atoms with E-state index in [0.29, 0.717) is 12.8 Å². The monoisotopic (exact) mass is 943 g/mol. The molecule has 1 rings (SSSR count). The van der Waals surface area contributed by atoms with Crippen molar-refractivity contribution in [3.8, 4) is 0 Å². The van der Waals surface area contributed by atoms with Crippen molar-refractivity contribution in [1.82, 2.24) is 0 Å². The topological polar surface area (TPSA) is 210 Å². The van der Waals surface area contributed by atoms with Crippen molar-refractivity contribution in [1.29, 1.82) is 0 Å². The Morgan fingerprint density at radius 3 is 1.34 bits per heavy atom. The number of aliphatic hydroxyl groups is 5. The van der Waals surface area contributed by atoms with E-state index in [1.165, 1.54) is 109 Å². The summed E-state index contributed by atoms with van der Waals surface area (Å²) in [4.78, 5) is 35.8. The lowest BCUT2D eigenvalue weighted by Gasteiger charge is -2.41. The molecular weight excluding hydrogens is 852 g/mol. The van der Waals surface area contributed by atoms with Gasteiger partial charge in [-0.1, -0.05) is 210 Å². The van der Waals surface area contributed by atoms with Crippen LogP contribution in [0.2, 0.25) is 0 Å². The van der Waals surface area contributed by atoms with Crippen molar-refractivity contribution < 1.29 is 63.1 Å². The fourth-order valence-electron chi connectivity index (χ4n) is 7.71. The van der Waals surface area contributed by atoms with Crippen LogP contribution in [0.4, 0.5) is 0 Å². The zero-order valence-corrected chi connectivity index (χ0v) is 41.2. The summed E-state index contributed by atoms with van der Waals surface area (Å²) >= 11 is 0. The third-order valence-corrected chi connectivity index (χ3v) is 12.8. The number of esters is 2. The van der Waals surface area contributed by atoms with Gasteiger partial charge in [0.25, 0.3) is 0 Å². The Balaban J connectivity index is 2.38. The third kappa shape index (κ3) is 33.0. The van der Waals surface area contributed by atoms with Gasteiger partial charge in [0.15, 0.2) is 6.10 Å². The molecule has 0 spiro atoms. The van der Waals surface area contributed by atoms with Gasteiger partial charge in [-0.25, -0.2) is 4.57 Å². The predicted molar refractivity (Wildman–Crippen MR) is 258 cm³/mol. The van der Waals surface area contributed by atoms with Gasteiger partial charge in [-0.15, -0.1) is 0 Å². The zero-order chi connectivity index (χ0) is 47.8. The lowest BCUT2D eigenvalue weighted by atomic mass is 9.85. The van der Waals surface area contributed by atoms with Gasteiger partial charge in [-0.3, -0.25) is 18.6 Å². The molecule has 0 heterocycles. The molecule has 0 radical (unpaired) electrons. The summed E-state index contributed by atoms with van der Waals surface area (Å²) < 4.78 is 33.6. The first-order valence-electron chi connectivity index (χ1n) is 25.5. The van der Waals surface area contributed by atoms with Gasteiger partial charge in [-0.05, 0) is 32.1 Å². The Morgan fingerprint density at radius 2 is 0.877 bits per heavy atom. The second-order valence-corrected chi connectivity index (χ2v) is 19.2. The molecule has 6 unspecified atom stereocenters. The van der Waals surface area contributed by atoms with Crippen molar-refractivity contribution in [2.75, 3.05) is 13.2 Å². The molecule has 6 N–H and O–H groups in total. The molecule has 378 valence electrons. The highest BCUT2D eigenvalue weighted by Gasteiger charge is 2.51. The lowest BCUT2D eigenvalue weighted by Crippen LogP contribution is -2.64. The molecule has 1 saturated carbocycles. The van der Waals surface area contributed by atoms with Crippen LogP contribution >= 0.6 is 7.82 Å². The molecule has 0 aromatic carbocycles. The fourth-order valence-corrected chi connectivity index (χ4v) is 8.68. The Kier molecular flexibility index (Phi) is 38.2. The van der Waals surface area contributed by atoms with Crippen LogP contribution in [0.25, 0.3) is 0 Å². The first-order chi connectivity index (χ1) is 31.4. The second kappa shape index (κ2) is 40.8. The molecule has 8 atom stereocenters. The predicted octanol–water partition coefficient (Wildman–Crippen LogP) is 10.7. The number of phosphoric ester groups is 1. The molecule has 1 aliphatic rings. The van der Waals surface area contributed by atoms with Crippen molar-refractivity contribution in [3.63, 3.8) is 0 Å². The number of aliphatic hydroxyl groups excluding tert-OH is 5. The fraction of sp³-hybridized carbons (Fsp3) is 0.804. The Hall–Kier alpha value is -2.19. The van der Waals surface area contributed by atoms with E-state index in [1.54, 1.807) is 0 Å². The largest absolute Gasteiger partial charge is 0.472 e. The average Bonchev–Trinajstić information content (AvgIpc) is 3.29. The number of phosphoric acid groups is 1. The van der Waals surface area contributed by atoms with Crippen molar-refractivity contribution in [3.05, 3.63) is 48.6 Å². The SMILES string of the molecule is CC/C=C/C=C/C=C/C=C/CCCCCCCC(=O)O[C@@H](COC(=O)CCCCCCCCCCCCCCCCCCCCCCC)COP(=O)(O)OC1C(O)C(O)C(O)[C@H](O)C1O. The van der Waals surface area contributed by atoms with E-state index >= 15 is 0 Å². The summed E-state index contributed by atoms with van der Waals surface area (Å²) in [5, 5.41) is 50.2. The minimum atomic E-state index is -5.13. The molecule has 14 heteroatoms. The van der Waals surface area contributed by atoms with Crippen molar-refractivity contribution in [2.45, 2.75) is 249 Å². The van der Waals surface area contributed by atoms with Crippen LogP contribution in [-0.2, 0) is 32.7 Å². The number of carbonyl (C=O) groups is 2. The molecule has 0 amide bonds. The lowest BCUT2D eigenvalue weighted by molar-refractivity contribution is -0.220. The van der Waals surface area contributed by atoms with E-state index in [0.717, 1.165) is 57.8 Å². The quantitative estimate of drug-likeness (QED) is 0.0146. The van der Waals surface area contributed by atoms with E-state index in [1.807, 2.05) is 36.5 Å². The molecule has 0 aromatic heterocycles. The number of unbranched alkanes of at least 4 members (excludes halogenated alkanes) is 25. The Bertz CT molecular complexity index is 1320. The van der Waals surface area contributed by atoms with Gasteiger partial charge in [0, 0.05) is 12.8 Å². The van der Waals surface area contributed by atoms with Crippen LogP contribution in [0.5, 0.6) is 0 Å². The van der Waals surface area contributed by atoms with Crippen LogP contribution in [0.1, 0.15) is 206 Å². The van der Waals surface area contributed by atoms with Gasteiger partial charge in [0.05, 0.1) is 6.61 Å². The molecule has 0 aliphatic heterocycles. The van der Waals surface area contributed by atoms with E-state index in [4.69, 9.17) is 18.5 Å². The maximum Gasteiger partial charge on any atom is 0.472 e. The summed E-state index contributed by atoms with van der Waals surface area (Å²) in [6, 6.07) is 0. The maximum absolute atomic E-state index is 12.8. The van der Waals surface area contributed by atoms with E-state index in [9.17, 15) is 44.6 Å². The van der Waals surface area contributed by atoms with Crippen LogP contribution < -0.4 is 0 Å². The number of allylic oxidation sites excluding steroid dienone is 8.